The van der Waals surface area contributed by atoms with Gasteiger partial charge in [-0.05, 0) is 35.2 Å². The molecular weight excluding hydrogens is 532 g/mol. The summed E-state index contributed by atoms with van der Waals surface area (Å²) in [6.07, 6.45) is -0.745. The van der Waals surface area contributed by atoms with Gasteiger partial charge < -0.3 is 19.0 Å². The van der Waals surface area contributed by atoms with E-state index in [1.165, 1.54) is 0 Å². The van der Waals surface area contributed by atoms with E-state index in [4.69, 9.17) is 8.83 Å². The van der Waals surface area contributed by atoms with E-state index < -0.39 is 12.2 Å². The van der Waals surface area contributed by atoms with Gasteiger partial charge >= 0.3 is 0 Å². The second kappa shape index (κ2) is 11.4. The van der Waals surface area contributed by atoms with Gasteiger partial charge in [-0.1, -0.05) is 121 Å². The standard InChI is InChI=1S/C39H32O4/c1-25-38-30(36(28-18-10-4-11-19-28)34(42-38)23-32(40)26-14-6-2-7-15-26)22-31-37(29-20-12-5-13-21-29)35(43-39(25)31)24-33(41)27-16-8-3-9-17-27/h2-22,32-33,40-41H,23-24H2,1H3. The third-order valence-corrected chi connectivity index (χ3v) is 8.26. The number of aliphatic hydroxyl groups excluding tert-OH is 2. The van der Waals surface area contributed by atoms with Crippen LogP contribution in [0.5, 0.6) is 0 Å². The number of hydrogen-bond donors (Lipinski definition) is 2. The van der Waals surface area contributed by atoms with E-state index in [9.17, 15) is 10.2 Å². The molecule has 4 nitrogen and oxygen atoms in total. The summed E-state index contributed by atoms with van der Waals surface area (Å²) in [5.74, 6) is 1.46. The Hall–Kier alpha value is -4.90. The average Bonchev–Trinajstić information content (AvgIpc) is 3.61. The third kappa shape index (κ3) is 5.05. The number of hydrogen-bond acceptors (Lipinski definition) is 4. The minimum Gasteiger partial charge on any atom is -0.460 e. The molecule has 0 aliphatic carbocycles. The fraction of sp³-hybridized carbons (Fsp3) is 0.128. The van der Waals surface area contributed by atoms with E-state index in [-0.39, 0.29) is 0 Å². The van der Waals surface area contributed by atoms with Crippen molar-refractivity contribution >= 4 is 21.9 Å². The maximum absolute atomic E-state index is 11.2. The quantitative estimate of drug-likeness (QED) is 0.193. The molecule has 2 unspecified atom stereocenters. The van der Waals surface area contributed by atoms with Crippen LogP contribution in [0.2, 0.25) is 0 Å². The van der Waals surface area contributed by atoms with E-state index in [1.807, 2.05) is 104 Å². The number of fused-ring (bicyclic) bond motifs is 2. The van der Waals surface area contributed by atoms with Crippen LogP contribution in [0.3, 0.4) is 0 Å². The molecule has 0 aliphatic heterocycles. The highest BCUT2D eigenvalue weighted by molar-refractivity contribution is 6.09. The molecule has 0 saturated heterocycles. The topological polar surface area (TPSA) is 66.7 Å². The highest BCUT2D eigenvalue weighted by atomic mass is 16.4. The summed E-state index contributed by atoms with van der Waals surface area (Å²) in [6, 6.07) is 41.9. The normalized spacial score (nSPS) is 13.0. The van der Waals surface area contributed by atoms with Crippen molar-refractivity contribution in [3.05, 3.63) is 156 Å². The minimum atomic E-state index is -0.710. The lowest BCUT2D eigenvalue weighted by atomic mass is 9.93. The van der Waals surface area contributed by atoms with Crippen LogP contribution < -0.4 is 0 Å². The minimum absolute atomic E-state index is 0.337. The first-order valence-corrected chi connectivity index (χ1v) is 14.7. The summed E-state index contributed by atoms with van der Waals surface area (Å²) in [7, 11) is 0. The summed E-state index contributed by atoms with van der Waals surface area (Å²) < 4.78 is 13.2. The third-order valence-electron chi connectivity index (χ3n) is 8.26. The Kier molecular flexibility index (Phi) is 7.15. The summed E-state index contributed by atoms with van der Waals surface area (Å²) >= 11 is 0. The number of aliphatic hydroxyl groups is 2. The van der Waals surface area contributed by atoms with Gasteiger partial charge in [0.05, 0.1) is 12.2 Å². The van der Waals surface area contributed by atoms with Crippen molar-refractivity contribution in [2.24, 2.45) is 0 Å². The molecule has 2 aromatic heterocycles. The van der Waals surface area contributed by atoms with Crippen LogP contribution in [0.15, 0.2) is 136 Å². The molecule has 212 valence electrons. The van der Waals surface area contributed by atoms with Gasteiger partial charge in [0.15, 0.2) is 0 Å². The molecule has 2 heterocycles. The fourth-order valence-corrected chi connectivity index (χ4v) is 6.13. The van der Waals surface area contributed by atoms with Gasteiger partial charge in [-0.2, -0.15) is 0 Å². The summed E-state index contributed by atoms with van der Waals surface area (Å²) in [5, 5.41) is 24.3. The van der Waals surface area contributed by atoms with E-state index in [0.717, 1.165) is 72.4 Å². The van der Waals surface area contributed by atoms with Gasteiger partial charge in [0, 0.05) is 40.3 Å². The fourth-order valence-electron chi connectivity index (χ4n) is 6.13. The predicted octanol–water partition coefficient (Wildman–Crippen LogP) is 9.37. The molecule has 0 saturated carbocycles. The molecule has 0 aliphatic rings. The van der Waals surface area contributed by atoms with Crippen LogP contribution in [-0.4, -0.2) is 10.2 Å². The first kappa shape index (κ1) is 27.0. The molecule has 7 rings (SSSR count). The number of aryl methyl sites for hydroxylation is 1. The van der Waals surface area contributed by atoms with Gasteiger partial charge in [0.25, 0.3) is 0 Å². The van der Waals surface area contributed by atoms with Crippen molar-refractivity contribution in [3.63, 3.8) is 0 Å². The second-order valence-electron chi connectivity index (χ2n) is 11.0. The van der Waals surface area contributed by atoms with Crippen molar-refractivity contribution in [1.29, 1.82) is 0 Å². The van der Waals surface area contributed by atoms with E-state index in [0.29, 0.717) is 12.8 Å². The zero-order valence-electron chi connectivity index (χ0n) is 23.9. The van der Waals surface area contributed by atoms with Crippen molar-refractivity contribution in [3.8, 4) is 22.3 Å². The highest BCUT2D eigenvalue weighted by Crippen LogP contribution is 2.45. The summed E-state index contributed by atoms with van der Waals surface area (Å²) in [6.45, 7) is 2.02. The van der Waals surface area contributed by atoms with Crippen LogP contribution in [-0.2, 0) is 12.8 Å². The van der Waals surface area contributed by atoms with Crippen LogP contribution in [0, 0.1) is 6.92 Å². The van der Waals surface area contributed by atoms with Gasteiger partial charge in [0.1, 0.15) is 22.7 Å². The van der Waals surface area contributed by atoms with Crippen LogP contribution in [0.25, 0.3) is 44.2 Å². The largest absolute Gasteiger partial charge is 0.460 e. The Bertz CT molecular complexity index is 1850. The smallest absolute Gasteiger partial charge is 0.141 e. The van der Waals surface area contributed by atoms with E-state index in [2.05, 4.69) is 30.3 Å². The lowest BCUT2D eigenvalue weighted by molar-refractivity contribution is 0.171. The predicted molar refractivity (Wildman–Crippen MR) is 172 cm³/mol. The molecular formula is C39H32O4. The average molecular weight is 565 g/mol. The zero-order chi connectivity index (χ0) is 29.3. The summed E-state index contributed by atoms with van der Waals surface area (Å²) in [4.78, 5) is 0. The van der Waals surface area contributed by atoms with Crippen molar-refractivity contribution < 1.29 is 19.0 Å². The monoisotopic (exact) mass is 564 g/mol. The van der Waals surface area contributed by atoms with Gasteiger partial charge in [-0.3, -0.25) is 0 Å². The number of rotatable bonds is 8. The van der Waals surface area contributed by atoms with Crippen molar-refractivity contribution in [2.45, 2.75) is 32.0 Å². The molecule has 2 N–H and O–H groups in total. The molecule has 2 atom stereocenters. The van der Waals surface area contributed by atoms with Crippen LogP contribution >= 0.6 is 0 Å². The maximum atomic E-state index is 11.2. The second-order valence-corrected chi connectivity index (χ2v) is 11.0. The Morgan fingerprint density at radius 2 is 0.860 bits per heavy atom. The lowest BCUT2D eigenvalue weighted by Crippen LogP contribution is -2.01. The first-order valence-electron chi connectivity index (χ1n) is 14.7. The Balaban J connectivity index is 1.44. The van der Waals surface area contributed by atoms with Gasteiger partial charge in [0.2, 0.25) is 0 Å². The van der Waals surface area contributed by atoms with E-state index in [1.54, 1.807) is 0 Å². The highest BCUT2D eigenvalue weighted by Gasteiger charge is 2.26. The molecule has 0 bridgehead atoms. The van der Waals surface area contributed by atoms with Crippen molar-refractivity contribution in [1.82, 2.24) is 0 Å². The first-order chi connectivity index (χ1) is 21.1. The Morgan fingerprint density at radius 1 is 0.512 bits per heavy atom. The van der Waals surface area contributed by atoms with Crippen molar-refractivity contribution in [2.75, 3.05) is 0 Å². The van der Waals surface area contributed by atoms with Gasteiger partial charge in [-0.15, -0.1) is 0 Å². The number of benzene rings is 5. The molecule has 43 heavy (non-hydrogen) atoms. The Morgan fingerprint density at radius 3 is 1.23 bits per heavy atom. The van der Waals surface area contributed by atoms with Gasteiger partial charge in [-0.25, -0.2) is 0 Å². The molecule has 0 radical (unpaired) electrons. The SMILES string of the molecule is Cc1c2oc(CC(O)c3ccccc3)c(-c3ccccc3)c2cc2c(-c3ccccc3)c(CC(O)c3ccccc3)oc12. The molecule has 5 aromatic carbocycles. The summed E-state index contributed by atoms with van der Waals surface area (Å²) in [5.41, 5.74) is 8.07. The Labute approximate surface area is 250 Å². The molecule has 0 fully saturated rings. The molecule has 4 heteroatoms. The lowest BCUT2D eigenvalue weighted by Gasteiger charge is -2.11. The van der Waals surface area contributed by atoms with Crippen LogP contribution in [0.1, 0.15) is 40.4 Å². The zero-order valence-corrected chi connectivity index (χ0v) is 23.9. The molecule has 7 aromatic rings. The molecule has 0 spiro atoms. The number of furan rings is 2. The maximum Gasteiger partial charge on any atom is 0.141 e. The van der Waals surface area contributed by atoms with E-state index >= 15 is 0 Å². The van der Waals surface area contributed by atoms with Crippen LogP contribution in [0.4, 0.5) is 0 Å². The molecule has 0 amide bonds.